The van der Waals surface area contributed by atoms with Crippen molar-refractivity contribution in [3.63, 3.8) is 0 Å². The van der Waals surface area contributed by atoms with Gasteiger partial charge in [-0.1, -0.05) is 24.2 Å². The van der Waals surface area contributed by atoms with Gasteiger partial charge in [0.2, 0.25) is 5.91 Å². The Balaban J connectivity index is 1.52. The van der Waals surface area contributed by atoms with Crippen molar-refractivity contribution in [1.29, 1.82) is 5.26 Å². The van der Waals surface area contributed by atoms with E-state index < -0.39 is 0 Å². The van der Waals surface area contributed by atoms with Crippen molar-refractivity contribution < 1.29 is 9.53 Å². The van der Waals surface area contributed by atoms with E-state index in [1.165, 1.54) is 6.08 Å². The second kappa shape index (κ2) is 8.34. The van der Waals surface area contributed by atoms with E-state index in [1.807, 2.05) is 30.3 Å². The van der Waals surface area contributed by atoms with Crippen molar-refractivity contribution >= 4 is 34.2 Å². The standard InChI is InChI=1S/C29H30ClN5O2/c1-5-23(36)35-16-29(17-35)9-11-34(15-29)27-19(13-31)24(20-14-37-28(2,3)12-22(20)32-27)25-21(30)7-6-18-8-10-33(4)26(18)25/h5-8,10H,1,9,11-12,14-17H2,2-4H3. The molecule has 1 amide bonds. The Morgan fingerprint density at radius 3 is 2.76 bits per heavy atom. The molecule has 0 saturated carbocycles. The molecule has 6 rings (SSSR count). The topological polar surface area (TPSA) is 74.4 Å². The molecule has 3 aromatic rings. The third-order valence-corrected chi connectivity index (χ3v) is 8.51. The number of hydrogen-bond acceptors (Lipinski definition) is 5. The first-order valence-corrected chi connectivity index (χ1v) is 13.0. The van der Waals surface area contributed by atoms with Crippen molar-refractivity contribution in [1.82, 2.24) is 14.5 Å². The van der Waals surface area contributed by atoms with Gasteiger partial charge in [0.25, 0.3) is 0 Å². The molecule has 190 valence electrons. The molecule has 0 radical (unpaired) electrons. The number of likely N-dealkylation sites (tertiary alicyclic amines) is 1. The van der Waals surface area contributed by atoms with Gasteiger partial charge in [-0.2, -0.15) is 5.26 Å². The monoisotopic (exact) mass is 515 g/mol. The number of amides is 1. The molecule has 0 N–H and O–H groups in total. The van der Waals surface area contributed by atoms with Crippen LogP contribution in [-0.4, -0.2) is 52.1 Å². The van der Waals surface area contributed by atoms with Crippen LogP contribution in [0.25, 0.3) is 22.0 Å². The fourth-order valence-corrected chi connectivity index (χ4v) is 6.56. The van der Waals surface area contributed by atoms with Crippen LogP contribution in [0.2, 0.25) is 5.02 Å². The number of rotatable bonds is 3. The molecule has 37 heavy (non-hydrogen) atoms. The third kappa shape index (κ3) is 3.74. The molecule has 3 aliphatic rings. The number of pyridine rings is 1. The maximum Gasteiger partial charge on any atom is 0.245 e. The lowest BCUT2D eigenvalue weighted by Gasteiger charge is -2.47. The number of nitrogens with zero attached hydrogens (tertiary/aromatic N) is 5. The predicted octanol–water partition coefficient (Wildman–Crippen LogP) is 4.84. The van der Waals surface area contributed by atoms with E-state index >= 15 is 0 Å². The van der Waals surface area contributed by atoms with Crippen molar-refractivity contribution in [2.45, 2.75) is 38.9 Å². The Kier molecular flexibility index (Phi) is 5.41. The van der Waals surface area contributed by atoms with Crippen LogP contribution < -0.4 is 4.90 Å². The summed E-state index contributed by atoms with van der Waals surface area (Å²) in [6.07, 6.45) is 5.00. The van der Waals surface area contributed by atoms with Gasteiger partial charge in [-0.25, -0.2) is 4.98 Å². The fourth-order valence-electron chi connectivity index (χ4n) is 6.32. The Hall–Kier alpha value is -3.34. The predicted molar refractivity (Wildman–Crippen MR) is 144 cm³/mol. The molecule has 2 aromatic heterocycles. The molecule has 1 spiro atoms. The highest BCUT2D eigenvalue weighted by atomic mass is 35.5. The smallest absolute Gasteiger partial charge is 0.245 e. The minimum atomic E-state index is -0.352. The molecule has 1 aromatic carbocycles. The first kappa shape index (κ1) is 24.0. The molecule has 8 heteroatoms. The van der Waals surface area contributed by atoms with Gasteiger partial charge >= 0.3 is 0 Å². The Bertz CT molecular complexity index is 1510. The second-order valence-corrected chi connectivity index (χ2v) is 11.7. The van der Waals surface area contributed by atoms with E-state index in [1.54, 1.807) is 0 Å². The van der Waals surface area contributed by atoms with Gasteiger partial charge in [-0.15, -0.1) is 0 Å². The number of aromatic nitrogens is 2. The molecule has 0 unspecified atom stereocenters. The summed E-state index contributed by atoms with van der Waals surface area (Å²) < 4.78 is 8.29. The van der Waals surface area contributed by atoms with Crippen LogP contribution in [0.4, 0.5) is 5.82 Å². The summed E-state index contributed by atoms with van der Waals surface area (Å²) >= 11 is 6.90. The largest absolute Gasteiger partial charge is 0.370 e. The first-order valence-electron chi connectivity index (χ1n) is 12.7. The van der Waals surface area contributed by atoms with E-state index in [4.69, 9.17) is 21.3 Å². The number of benzene rings is 1. The lowest BCUT2D eigenvalue weighted by atomic mass is 9.79. The van der Waals surface area contributed by atoms with Crippen LogP contribution in [0, 0.1) is 16.7 Å². The van der Waals surface area contributed by atoms with Gasteiger partial charge in [0.1, 0.15) is 17.5 Å². The van der Waals surface area contributed by atoms with Gasteiger partial charge in [-0.05, 0) is 38.5 Å². The maximum atomic E-state index is 12.1. The van der Waals surface area contributed by atoms with E-state index in [9.17, 15) is 10.1 Å². The average Bonchev–Trinajstić information content (AvgIpc) is 3.46. The van der Waals surface area contributed by atoms with Crippen molar-refractivity contribution in [3.8, 4) is 17.2 Å². The van der Waals surface area contributed by atoms with Gasteiger partial charge in [0.15, 0.2) is 0 Å². The van der Waals surface area contributed by atoms with Gasteiger partial charge in [-0.3, -0.25) is 4.79 Å². The van der Waals surface area contributed by atoms with Crippen LogP contribution >= 0.6 is 11.6 Å². The minimum absolute atomic E-state index is 0.0245. The molecule has 0 atom stereocenters. The number of hydrogen-bond donors (Lipinski definition) is 0. The van der Waals surface area contributed by atoms with Crippen molar-refractivity contribution in [2.24, 2.45) is 12.5 Å². The van der Waals surface area contributed by atoms with Crippen molar-refractivity contribution in [2.75, 3.05) is 31.1 Å². The lowest BCUT2D eigenvalue weighted by Crippen LogP contribution is -2.59. The highest BCUT2D eigenvalue weighted by Gasteiger charge is 2.49. The Morgan fingerprint density at radius 1 is 1.24 bits per heavy atom. The maximum absolute atomic E-state index is 12.1. The van der Waals surface area contributed by atoms with E-state index in [0.29, 0.717) is 42.5 Å². The Labute approximate surface area is 221 Å². The SMILES string of the molecule is C=CC(=O)N1CC2(CCN(c3nc4c(c(-c5c(Cl)ccc6ccn(C)c56)c3C#N)COC(C)(C)C4)C2)C1. The van der Waals surface area contributed by atoms with Crippen LogP contribution in [0.1, 0.15) is 37.1 Å². The number of halogens is 1. The third-order valence-electron chi connectivity index (χ3n) is 8.19. The fraction of sp³-hybridized carbons (Fsp3) is 0.414. The molecule has 3 aliphatic heterocycles. The van der Waals surface area contributed by atoms with Crippen LogP contribution in [0.5, 0.6) is 0 Å². The Morgan fingerprint density at radius 2 is 2.03 bits per heavy atom. The number of aryl methyl sites for hydroxylation is 1. The zero-order chi connectivity index (χ0) is 26.1. The summed E-state index contributed by atoms with van der Waals surface area (Å²) in [7, 11) is 2.00. The first-order chi connectivity index (χ1) is 17.6. The summed E-state index contributed by atoms with van der Waals surface area (Å²) in [6, 6.07) is 8.49. The highest BCUT2D eigenvalue weighted by molar-refractivity contribution is 6.35. The van der Waals surface area contributed by atoms with Crippen LogP contribution in [0.3, 0.4) is 0 Å². The van der Waals surface area contributed by atoms with Gasteiger partial charge < -0.3 is 19.1 Å². The molecular weight excluding hydrogens is 486 g/mol. The summed E-state index contributed by atoms with van der Waals surface area (Å²) in [5, 5.41) is 12.3. The van der Waals surface area contributed by atoms with E-state index in [-0.39, 0.29) is 16.9 Å². The number of anilines is 1. The zero-order valence-electron chi connectivity index (χ0n) is 21.5. The quantitative estimate of drug-likeness (QED) is 0.466. The number of carbonyl (C=O) groups is 1. The number of carbonyl (C=O) groups excluding carboxylic acids is 1. The van der Waals surface area contributed by atoms with Gasteiger partial charge in [0, 0.05) is 73.3 Å². The van der Waals surface area contributed by atoms with Crippen molar-refractivity contribution in [3.05, 3.63) is 58.9 Å². The molecule has 0 aliphatic carbocycles. The summed E-state index contributed by atoms with van der Waals surface area (Å²) in [5.74, 6) is 0.685. The summed E-state index contributed by atoms with van der Waals surface area (Å²) in [6.45, 7) is 11.1. The number of fused-ring (bicyclic) bond motifs is 2. The molecule has 2 saturated heterocycles. The van der Waals surface area contributed by atoms with Crippen LogP contribution in [0.15, 0.2) is 37.1 Å². The zero-order valence-corrected chi connectivity index (χ0v) is 22.2. The molecule has 2 fully saturated rings. The molecule has 0 bridgehead atoms. The molecule has 7 nitrogen and oxygen atoms in total. The summed E-state index contributed by atoms with van der Waals surface area (Å²) in [5.41, 5.74) is 4.78. The molecule has 5 heterocycles. The lowest BCUT2D eigenvalue weighted by molar-refractivity contribution is -0.136. The average molecular weight is 516 g/mol. The number of nitriles is 1. The summed E-state index contributed by atoms with van der Waals surface area (Å²) in [4.78, 5) is 21.3. The molecular formula is C29H30ClN5O2. The van der Waals surface area contributed by atoms with E-state index in [0.717, 1.165) is 52.8 Å². The minimum Gasteiger partial charge on any atom is -0.370 e. The van der Waals surface area contributed by atoms with Crippen LogP contribution in [-0.2, 0) is 29.6 Å². The highest BCUT2D eigenvalue weighted by Crippen LogP contribution is 2.47. The number of ether oxygens (including phenoxy) is 1. The van der Waals surface area contributed by atoms with Gasteiger partial charge in [0.05, 0.1) is 28.4 Å². The normalized spacial score (nSPS) is 19.5. The van der Waals surface area contributed by atoms with E-state index in [2.05, 4.69) is 42.0 Å². The second-order valence-electron chi connectivity index (χ2n) is 11.3.